The highest BCUT2D eigenvalue weighted by Crippen LogP contribution is 2.24. The first-order valence-corrected chi connectivity index (χ1v) is 7.42. The molecule has 0 saturated carbocycles. The number of halogens is 1. The average Bonchev–Trinajstić information content (AvgIpc) is 2.60. The maximum Gasteiger partial charge on any atom is 0.224 e. The zero-order valence-corrected chi connectivity index (χ0v) is 14.6. The van der Waals surface area contributed by atoms with Crippen LogP contribution in [-0.2, 0) is 11.2 Å². The van der Waals surface area contributed by atoms with Gasteiger partial charge in [-0.3, -0.25) is 4.79 Å². The molecule has 6 heteroatoms. The summed E-state index contributed by atoms with van der Waals surface area (Å²) in [7, 11) is 3.17. The first-order chi connectivity index (χ1) is 11.1. The van der Waals surface area contributed by atoms with E-state index in [0.717, 1.165) is 11.1 Å². The van der Waals surface area contributed by atoms with Crippen molar-refractivity contribution in [2.24, 2.45) is 5.73 Å². The fourth-order valence-corrected chi connectivity index (χ4v) is 2.30. The molecule has 1 unspecified atom stereocenters. The number of hydrogen-bond donors (Lipinski definition) is 2. The highest BCUT2D eigenvalue weighted by molar-refractivity contribution is 5.85. The summed E-state index contributed by atoms with van der Waals surface area (Å²) in [5, 5.41) is 2.86. The number of ether oxygens (including phenoxy) is 2. The van der Waals surface area contributed by atoms with Crippen LogP contribution in [0.3, 0.4) is 0 Å². The van der Waals surface area contributed by atoms with Crippen LogP contribution >= 0.6 is 12.4 Å². The van der Waals surface area contributed by atoms with Crippen LogP contribution in [0.1, 0.15) is 17.2 Å². The molecule has 1 atom stereocenters. The fraction of sp³-hybridized carbons (Fsp3) is 0.278. The molecule has 0 heterocycles. The maximum absolute atomic E-state index is 12.2. The highest BCUT2D eigenvalue weighted by atomic mass is 35.5. The second-order valence-electron chi connectivity index (χ2n) is 5.18. The lowest BCUT2D eigenvalue weighted by molar-refractivity contribution is -0.120. The first-order valence-electron chi connectivity index (χ1n) is 7.42. The van der Waals surface area contributed by atoms with Gasteiger partial charge in [-0.05, 0) is 23.8 Å². The van der Waals surface area contributed by atoms with Crippen molar-refractivity contribution < 1.29 is 14.3 Å². The Morgan fingerprint density at radius 3 is 2.46 bits per heavy atom. The van der Waals surface area contributed by atoms with Crippen LogP contribution < -0.4 is 20.5 Å². The Balaban J connectivity index is 0.00000288. The molecule has 0 aliphatic heterocycles. The summed E-state index contributed by atoms with van der Waals surface area (Å²) in [6.07, 6.45) is 0.210. The quantitative estimate of drug-likeness (QED) is 0.804. The SMILES string of the molecule is COc1ccc(OC)c(CC(=O)NCC(N)c2ccccc2)c1.Cl. The average molecular weight is 351 g/mol. The lowest BCUT2D eigenvalue weighted by atomic mass is 10.1. The van der Waals surface area contributed by atoms with E-state index in [9.17, 15) is 4.79 Å². The number of nitrogens with two attached hydrogens (primary N) is 1. The van der Waals surface area contributed by atoms with Crippen LogP contribution in [0, 0.1) is 0 Å². The second-order valence-corrected chi connectivity index (χ2v) is 5.18. The smallest absolute Gasteiger partial charge is 0.224 e. The molecule has 0 spiro atoms. The molecule has 2 rings (SSSR count). The Bertz CT molecular complexity index is 650. The van der Waals surface area contributed by atoms with E-state index in [1.54, 1.807) is 32.4 Å². The van der Waals surface area contributed by atoms with Crippen LogP contribution in [0.15, 0.2) is 48.5 Å². The van der Waals surface area contributed by atoms with Crippen molar-refractivity contribution in [2.75, 3.05) is 20.8 Å². The Kier molecular flexibility index (Phi) is 8.09. The van der Waals surface area contributed by atoms with Crippen LogP contribution in [0.5, 0.6) is 11.5 Å². The summed E-state index contributed by atoms with van der Waals surface area (Å²) in [6, 6.07) is 14.8. The summed E-state index contributed by atoms with van der Waals surface area (Å²) in [4.78, 5) is 12.2. The summed E-state index contributed by atoms with van der Waals surface area (Å²) < 4.78 is 10.5. The summed E-state index contributed by atoms with van der Waals surface area (Å²) >= 11 is 0. The number of carbonyl (C=O) groups excluding carboxylic acids is 1. The number of benzene rings is 2. The molecule has 1 amide bonds. The largest absolute Gasteiger partial charge is 0.497 e. The van der Waals surface area contributed by atoms with Gasteiger partial charge in [-0.2, -0.15) is 0 Å². The van der Waals surface area contributed by atoms with E-state index < -0.39 is 0 Å². The van der Waals surface area contributed by atoms with Crippen LogP contribution in [0.25, 0.3) is 0 Å². The molecule has 0 aliphatic carbocycles. The van der Waals surface area contributed by atoms with Gasteiger partial charge in [0.25, 0.3) is 0 Å². The molecule has 2 aromatic rings. The lowest BCUT2D eigenvalue weighted by Crippen LogP contribution is -2.32. The summed E-state index contributed by atoms with van der Waals surface area (Å²) in [5.74, 6) is 1.24. The van der Waals surface area contributed by atoms with E-state index in [4.69, 9.17) is 15.2 Å². The van der Waals surface area contributed by atoms with E-state index in [0.29, 0.717) is 18.0 Å². The maximum atomic E-state index is 12.2. The minimum atomic E-state index is -0.229. The van der Waals surface area contributed by atoms with Crippen molar-refractivity contribution in [1.29, 1.82) is 0 Å². The van der Waals surface area contributed by atoms with Gasteiger partial charge in [0.05, 0.1) is 20.6 Å². The van der Waals surface area contributed by atoms with Crippen molar-refractivity contribution in [3.05, 3.63) is 59.7 Å². The van der Waals surface area contributed by atoms with E-state index in [-0.39, 0.29) is 30.8 Å². The first kappa shape index (κ1) is 19.8. The topological polar surface area (TPSA) is 73.6 Å². The number of methoxy groups -OCH3 is 2. The molecule has 130 valence electrons. The standard InChI is InChI=1S/C18H22N2O3.ClH/c1-22-15-8-9-17(23-2)14(10-15)11-18(21)20-12-16(19)13-6-4-3-5-7-13;/h3-10,16H,11-12,19H2,1-2H3,(H,20,21);1H. The van der Waals surface area contributed by atoms with Gasteiger partial charge < -0.3 is 20.5 Å². The van der Waals surface area contributed by atoms with E-state index in [2.05, 4.69) is 5.32 Å². The summed E-state index contributed by atoms with van der Waals surface area (Å²) in [5.41, 5.74) is 7.85. The zero-order chi connectivity index (χ0) is 16.7. The van der Waals surface area contributed by atoms with Crippen molar-refractivity contribution in [2.45, 2.75) is 12.5 Å². The minimum absolute atomic E-state index is 0. The highest BCUT2D eigenvalue weighted by Gasteiger charge is 2.12. The normalized spacial score (nSPS) is 11.1. The molecule has 2 aromatic carbocycles. The molecule has 0 aromatic heterocycles. The zero-order valence-electron chi connectivity index (χ0n) is 13.8. The van der Waals surface area contributed by atoms with Crippen molar-refractivity contribution in [3.63, 3.8) is 0 Å². The van der Waals surface area contributed by atoms with Crippen molar-refractivity contribution >= 4 is 18.3 Å². The number of hydrogen-bond acceptors (Lipinski definition) is 4. The van der Waals surface area contributed by atoms with Crippen molar-refractivity contribution in [1.82, 2.24) is 5.32 Å². The molecule has 0 saturated heterocycles. The Morgan fingerprint density at radius 2 is 1.83 bits per heavy atom. The molecule has 24 heavy (non-hydrogen) atoms. The van der Waals surface area contributed by atoms with Crippen LogP contribution in [-0.4, -0.2) is 26.7 Å². The fourth-order valence-electron chi connectivity index (χ4n) is 2.30. The molecule has 0 radical (unpaired) electrons. The molecule has 0 aliphatic rings. The predicted octanol–water partition coefficient (Wildman–Crippen LogP) is 2.48. The van der Waals surface area contributed by atoms with Gasteiger partial charge in [-0.1, -0.05) is 30.3 Å². The predicted molar refractivity (Wildman–Crippen MR) is 96.9 cm³/mol. The minimum Gasteiger partial charge on any atom is -0.497 e. The Labute approximate surface area is 148 Å². The van der Waals surface area contributed by atoms with Crippen LogP contribution in [0.4, 0.5) is 0 Å². The summed E-state index contributed by atoms with van der Waals surface area (Å²) in [6.45, 7) is 0.384. The van der Waals surface area contributed by atoms with Gasteiger partial charge in [0.15, 0.2) is 0 Å². The molecule has 5 nitrogen and oxygen atoms in total. The van der Waals surface area contributed by atoms with E-state index in [1.807, 2.05) is 30.3 Å². The number of amides is 1. The van der Waals surface area contributed by atoms with Gasteiger partial charge in [0, 0.05) is 18.2 Å². The molecule has 3 N–H and O–H groups in total. The number of carbonyl (C=O) groups is 1. The number of nitrogens with one attached hydrogen (secondary N) is 1. The van der Waals surface area contributed by atoms with E-state index in [1.165, 1.54) is 0 Å². The lowest BCUT2D eigenvalue weighted by Gasteiger charge is -2.14. The second kappa shape index (κ2) is 9.80. The van der Waals surface area contributed by atoms with E-state index >= 15 is 0 Å². The third-order valence-corrected chi connectivity index (χ3v) is 3.59. The molecular weight excluding hydrogens is 328 g/mol. The van der Waals surface area contributed by atoms with Crippen molar-refractivity contribution in [3.8, 4) is 11.5 Å². The third-order valence-electron chi connectivity index (χ3n) is 3.59. The molecule has 0 fully saturated rings. The van der Waals surface area contributed by atoms with Gasteiger partial charge in [0.1, 0.15) is 11.5 Å². The van der Waals surface area contributed by atoms with Gasteiger partial charge in [-0.25, -0.2) is 0 Å². The Morgan fingerprint density at radius 1 is 1.12 bits per heavy atom. The monoisotopic (exact) mass is 350 g/mol. The Hall–Kier alpha value is -2.24. The van der Waals surface area contributed by atoms with Crippen LogP contribution in [0.2, 0.25) is 0 Å². The third kappa shape index (κ3) is 5.44. The van der Waals surface area contributed by atoms with Gasteiger partial charge >= 0.3 is 0 Å². The van der Waals surface area contributed by atoms with Gasteiger partial charge in [0.2, 0.25) is 5.91 Å². The number of rotatable bonds is 7. The molecule has 0 bridgehead atoms. The molecular formula is C18H23ClN2O3. The van der Waals surface area contributed by atoms with Gasteiger partial charge in [-0.15, -0.1) is 12.4 Å².